The van der Waals surface area contributed by atoms with Gasteiger partial charge in [0.25, 0.3) is 0 Å². The zero-order valence-electron chi connectivity index (χ0n) is 15.4. The number of hydrogen-bond donors (Lipinski definition) is 2. The molecular weight excluding hydrogens is 356 g/mol. The Bertz CT molecular complexity index is 1160. The normalized spacial score (nSPS) is 10.9. The number of para-hydroxylation sites is 1. The van der Waals surface area contributed by atoms with E-state index >= 15 is 0 Å². The first-order valence-corrected chi connectivity index (χ1v) is 9.10. The first-order chi connectivity index (χ1) is 13.0. The molecule has 0 unspecified atom stereocenters. The van der Waals surface area contributed by atoms with E-state index in [0.717, 1.165) is 38.9 Å². The third-order valence-electron chi connectivity index (χ3n) is 4.59. The van der Waals surface area contributed by atoms with E-state index in [-0.39, 0.29) is 0 Å². The van der Waals surface area contributed by atoms with Crippen molar-refractivity contribution >= 4 is 50.6 Å². The molecule has 0 aliphatic carbocycles. The van der Waals surface area contributed by atoms with E-state index in [4.69, 9.17) is 21.4 Å². The Balaban J connectivity index is 1.67. The quantitative estimate of drug-likeness (QED) is 0.428. The Morgan fingerprint density at radius 2 is 1.67 bits per heavy atom. The molecule has 0 bridgehead atoms. The smallest absolute Gasteiger partial charge is 0.175 e. The molecule has 136 valence electrons. The van der Waals surface area contributed by atoms with E-state index in [0.29, 0.717) is 10.9 Å². The van der Waals surface area contributed by atoms with Crippen molar-refractivity contribution in [2.45, 2.75) is 13.8 Å². The molecule has 4 rings (SSSR count). The molecule has 0 saturated carbocycles. The summed E-state index contributed by atoms with van der Waals surface area (Å²) >= 11 is 5.51. The topological polar surface area (TPSA) is 46.4 Å². The van der Waals surface area contributed by atoms with Crippen LogP contribution in [0.25, 0.3) is 21.9 Å². The molecule has 0 aliphatic rings. The summed E-state index contributed by atoms with van der Waals surface area (Å²) in [6.07, 6.45) is 0. The van der Waals surface area contributed by atoms with Crippen molar-refractivity contribution in [3.8, 4) is 5.75 Å². The van der Waals surface area contributed by atoms with Crippen molar-refractivity contribution in [2.75, 3.05) is 17.7 Å². The zero-order chi connectivity index (χ0) is 19.0. The lowest BCUT2D eigenvalue weighted by atomic mass is 10.1. The highest BCUT2D eigenvalue weighted by molar-refractivity contribution is 7.80. The molecule has 0 spiro atoms. The van der Waals surface area contributed by atoms with Gasteiger partial charge in [-0.2, -0.15) is 0 Å². The predicted octanol–water partition coefficient (Wildman–Crippen LogP) is 6.02. The van der Waals surface area contributed by atoms with Crippen LogP contribution in [0.5, 0.6) is 5.75 Å². The van der Waals surface area contributed by atoms with Crippen LogP contribution in [0.2, 0.25) is 0 Å². The van der Waals surface area contributed by atoms with E-state index in [2.05, 4.69) is 35.8 Å². The molecule has 1 heterocycles. The van der Waals surface area contributed by atoms with E-state index in [9.17, 15) is 0 Å². The molecule has 0 saturated heterocycles. The zero-order valence-corrected chi connectivity index (χ0v) is 16.2. The van der Waals surface area contributed by atoms with Crippen LogP contribution < -0.4 is 15.4 Å². The Kier molecular flexibility index (Phi) is 4.46. The number of furan rings is 1. The molecule has 0 aliphatic heterocycles. The van der Waals surface area contributed by atoms with Gasteiger partial charge < -0.3 is 19.8 Å². The van der Waals surface area contributed by atoms with Gasteiger partial charge in [0.2, 0.25) is 0 Å². The van der Waals surface area contributed by atoms with E-state index < -0.39 is 0 Å². The first kappa shape index (κ1) is 17.4. The third-order valence-corrected chi connectivity index (χ3v) is 4.79. The standard InChI is InChI=1S/C22H20N2O2S/c1-13-8-9-14(2)17(10-13)23-22(27)24-18-12-20-16(11-21(18)25-3)15-6-4-5-7-19(15)26-20/h4-12H,1-3H3,(H2,23,24,27). The van der Waals surface area contributed by atoms with Gasteiger partial charge >= 0.3 is 0 Å². The number of methoxy groups -OCH3 is 1. The SMILES string of the molecule is COc1cc2c(cc1NC(=S)Nc1cc(C)ccc1C)oc1ccccc12. The summed E-state index contributed by atoms with van der Waals surface area (Å²) in [6.45, 7) is 4.10. The van der Waals surface area contributed by atoms with Crippen molar-refractivity contribution in [3.05, 3.63) is 65.7 Å². The summed E-state index contributed by atoms with van der Waals surface area (Å²) in [7, 11) is 1.65. The minimum atomic E-state index is 0.498. The molecule has 4 nitrogen and oxygen atoms in total. The second-order valence-corrected chi connectivity index (χ2v) is 6.95. The van der Waals surface area contributed by atoms with E-state index in [1.807, 2.05) is 43.3 Å². The average molecular weight is 376 g/mol. The fourth-order valence-corrected chi connectivity index (χ4v) is 3.38. The minimum Gasteiger partial charge on any atom is -0.495 e. The highest BCUT2D eigenvalue weighted by Gasteiger charge is 2.13. The number of thiocarbonyl (C=S) groups is 1. The number of benzene rings is 3. The van der Waals surface area contributed by atoms with Gasteiger partial charge in [0.1, 0.15) is 16.9 Å². The Morgan fingerprint density at radius 3 is 2.48 bits per heavy atom. The van der Waals surface area contributed by atoms with Gasteiger partial charge in [0.05, 0.1) is 12.8 Å². The summed E-state index contributed by atoms with van der Waals surface area (Å²) in [6, 6.07) is 18.1. The first-order valence-electron chi connectivity index (χ1n) is 8.69. The van der Waals surface area contributed by atoms with Crippen LogP contribution in [-0.4, -0.2) is 12.2 Å². The number of anilines is 2. The van der Waals surface area contributed by atoms with Crippen molar-refractivity contribution < 1.29 is 9.15 Å². The summed E-state index contributed by atoms with van der Waals surface area (Å²) in [5.74, 6) is 0.708. The molecule has 27 heavy (non-hydrogen) atoms. The maximum atomic E-state index is 5.97. The maximum absolute atomic E-state index is 5.97. The molecular formula is C22H20N2O2S. The Morgan fingerprint density at radius 1 is 0.889 bits per heavy atom. The van der Waals surface area contributed by atoms with Gasteiger partial charge in [0.15, 0.2) is 5.11 Å². The van der Waals surface area contributed by atoms with Gasteiger partial charge in [-0.3, -0.25) is 0 Å². The molecule has 4 aromatic rings. The minimum absolute atomic E-state index is 0.498. The van der Waals surface area contributed by atoms with Gasteiger partial charge in [-0.05, 0) is 55.4 Å². The second kappa shape index (κ2) is 6.93. The molecule has 0 fully saturated rings. The van der Waals surface area contributed by atoms with E-state index in [1.165, 1.54) is 5.56 Å². The fourth-order valence-electron chi connectivity index (χ4n) is 3.16. The van der Waals surface area contributed by atoms with Gasteiger partial charge in [-0.1, -0.05) is 30.3 Å². The van der Waals surface area contributed by atoms with Gasteiger partial charge in [-0.15, -0.1) is 0 Å². The van der Waals surface area contributed by atoms with Crippen LogP contribution in [-0.2, 0) is 0 Å². The molecule has 3 aromatic carbocycles. The lowest BCUT2D eigenvalue weighted by molar-refractivity contribution is 0.417. The van der Waals surface area contributed by atoms with Crippen LogP contribution in [0, 0.1) is 13.8 Å². The lowest BCUT2D eigenvalue weighted by Crippen LogP contribution is -2.20. The summed E-state index contributed by atoms with van der Waals surface area (Å²) < 4.78 is 11.5. The van der Waals surface area contributed by atoms with Crippen LogP contribution in [0.3, 0.4) is 0 Å². The predicted molar refractivity (Wildman–Crippen MR) is 116 cm³/mol. The highest BCUT2D eigenvalue weighted by atomic mass is 32.1. The lowest BCUT2D eigenvalue weighted by Gasteiger charge is -2.15. The van der Waals surface area contributed by atoms with Gasteiger partial charge in [0, 0.05) is 22.5 Å². The summed E-state index contributed by atoms with van der Waals surface area (Å²) in [5.41, 5.74) is 5.68. The number of hydrogen-bond acceptors (Lipinski definition) is 3. The van der Waals surface area contributed by atoms with E-state index in [1.54, 1.807) is 7.11 Å². The van der Waals surface area contributed by atoms with Crippen molar-refractivity contribution in [2.24, 2.45) is 0 Å². The van der Waals surface area contributed by atoms with Crippen molar-refractivity contribution in [3.63, 3.8) is 0 Å². The molecule has 0 amide bonds. The van der Waals surface area contributed by atoms with Crippen LogP contribution in [0.1, 0.15) is 11.1 Å². The number of aryl methyl sites for hydroxylation is 2. The fraction of sp³-hybridized carbons (Fsp3) is 0.136. The largest absolute Gasteiger partial charge is 0.495 e. The van der Waals surface area contributed by atoms with Crippen LogP contribution >= 0.6 is 12.2 Å². The van der Waals surface area contributed by atoms with Crippen molar-refractivity contribution in [1.29, 1.82) is 0 Å². The number of nitrogens with one attached hydrogen (secondary N) is 2. The summed E-state index contributed by atoms with van der Waals surface area (Å²) in [5, 5.41) is 9.06. The van der Waals surface area contributed by atoms with Crippen LogP contribution in [0.4, 0.5) is 11.4 Å². The monoisotopic (exact) mass is 376 g/mol. The number of fused-ring (bicyclic) bond motifs is 3. The molecule has 1 aromatic heterocycles. The highest BCUT2D eigenvalue weighted by Crippen LogP contribution is 2.36. The number of ether oxygens (including phenoxy) is 1. The maximum Gasteiger partial charge on any atom is 0.175 e. The summed E-state index contributed by atoms with van der Waals surface area (Å²) in [4.78, 5) is 0. The van der Waals surface area contributed by atoms with Crippen molar-refractivity contribution in [1.82, 2.24) is 0 Å². The Hall–Kier alpha value is -3.05. The molecule has 0 radical (unpaired) electrons. The molecule has 0 atom stereocenters. The Labute approximate surface area is 163 Å². The van der Waals surface area contributed by atoms with Crippen LogP contribution in [0.15, 0.2) is 59.0 Å². The molecule has 2 N–H and O–H groups in total. The second-order valence-electron chi connectivity index (χ2n) is 6.54. The molecule has 5 heteroatoms. The third kappa shape index (κ3) is 3.34. The average Bonchev–Trinajstić information content (AvgIpc) is 3.01. The number of rotatable bonds is 3. The van der Waals surface area contributed by atoms with Gasteiger partial charge in [-0.25, -0.2) is 0 Å².